The molecule has 1 N–H and O–H groups in total. The van der Waals surface area contributed by atoms with Crippen molar-refractivity contribution in [3.8, 4) is 22.5 Å². The van der Waals surface area contributed by atoms with E-state index in [1.54, 1.807) is 4.90 Å². The molecule has 0 saturated carbocycles. The predicted octanol–water partition coefficient (Wildman–Crippen LogP) is 7.91. The smallest absolute Gasteiger partial charge is 0.231 e. The lowest BCUT2D eigenvalue weighted by Crippen LogP contribution is -2.42. The van der Waals surface area contributed by atoms with E-state index in [1.165, 1.54) is 0 Å². The highest BCUT2D eigenvalue weighted by Crippen LogP contribution is 2.36. The number of amides is 2. The van der Waals surface area contributed by atoms with Crippen LogP contribution in [0.2, 0.25) is 10.0 Å². The molecular formula is C34H34Cl2N4O2. The summed E-state index contributed by atoms with van der Waals surface area (Å²) < 4.78 is 0. The number of aromatic nitrogens is 2. The first-order valence-electron chi connectivity index (χ1n) is 14.4. The zero-order valence-corrected chi connectivity index (χ0v) is 25.2. The van der Waals surface area contributed by atoms with Gasteiger partial charge in [0.15, 0.2) is 5.82 Å². The molecule has 0 spiro atoms. The molecule has 0 bridgehead atoms. The number of halogens is 2. The van der Waals surface area contributed by atoms with E-state index in [2.05, 4.69) is 5.32 Å². The van der Waals surface area contributed by atoms with Gasteiger partial charge in [0.25, 0.3) is 0 Å². The Hall–Kier alpha value is -3.74. The van der Waals surface area contributed by atoms with Gasteiger partial charge in [-0.1, -0.05) is 97.6 Å². The van der Waals surface area contributed by atoms with E-state index < -0.39 is 0 Å². The van der Waals surface area contributed by atoms with Gasteiger partial charge in [0, 0.05) is 53.0 Å². The fraction of sp³-hybridized carbons (Fsp3) is 0.294. The van der Waals surface area contributed by atoms with Crippen molar-refractivity contribution in [1.29, 1.82) is 0 Å². The Morgan fingerprint density at radius 1 is 0.833 bits per heavy atom. The summed E-state index contributed by atoms with van der Waals surface area (Å²) in [6.45, 7) is 3.06. The van der Waals surface area contributed by atoms with Gasteiger partial charge in [-0.25, -0.2) is 9.97 Å². The van der Waals surface area contributed by atoms with Crippen LogP contribution in [0.15, 0.2) is 78.9 Å². The lowest BCUT2D eigenvalue weighted by atomic mass is 9.96. The van der Waals surface area contributed by atoms with Crippen molar-refractivity contribution in [3.63, 3.8) is 0 Å². The van der Waals surface area contributed by atoms with Crippen molar-refractivity contribution in [1.82, 2.24) is 15.3 Å². The van der Waals surface area contributed by atoms with E-state index in [4.69, 9.17) is 33.2 Å². The number of carbonyl (C=O) groups is 2. The number of benzene rings is 3. The third-order valence-electron chi connectivity index (χ3n) is 7.49. The summed E-state index contributed by atoms with van der Waals surface area (Å²) in [7, 11) is 0. The number of nitrogens with one attached hydrogen (secondary N) is 1. The molecule has 216 valence electrons. The van der Waals surface area contributed by atoms with Crippen LogP contribution in [0.25, 0.3) is 22.5 Å². The van der Waals surface area contributed by atoms with Crippen LogP contribution in [0, 0.1) is 5.92 Å². The number of nitrogens with zero attached hydrogens (tertiary/aromatic N) is 3. The molecule has 0 aliphatic carbocycles. The van der Waals surface area contributed by atoms with Crippen LogP contribution in [0.5, 0.6) is 0 Å². The van der Waals surface area contributed by atoms with Gasteiger partial charge in [-0.3, -0.25) is 14.5 Å². The maximum Gasteiger partial charge on any atom is 0.231 e. The molecule has 6 nitrogen and oxygen atoms in total. The maximum atomic E-state index is 13.3. The lowest BCUT2D eigenvalue weighted by molar-refractivity contribution is -0.122. The van der Waals surface area contributed by atoms with Crippen molar-refractivity contribution >= 4 is 40.8 Å². The highest BCUT2D eigenvalue weighted by Gasteiger charge is 2.33. The fourth-order valence-electron chi connectivity index (χ4n) is 5.19. The van der Waals surface area contributed by atoms with Crippen molar-refractivity contribution in [2.75, 3.05) is 11.4 Å². The third-order valence-corrected chi connectivity index (χ3v) is 8.00. The number of unbranched alkanes of at least 4 members (excludes halogenated alkanes) is 3. The van der Waals surface area contributed by atoms with Gasteiger partial charge in [-0.15, -0.1) is 0 Å². The normalized spacial score (nSPS) is 14.5. The predicted molar refractivity (Wildman–Crippen MR) is 170 cm³/mol. The first-order chi connectivity index (χ1) is 20.4. The molecular weight excluding hydrogens is 567 g/mol. The first-order valence-corrected chi connectivity index (χ1v) is 15.2. The molecule has 0 fully saturated rings. The maximum absolute atomic E-state index is 13.3. The average Bonchev–Trinajstić information content (AvgIpc) is 3.00. The molecule has 1 aliphatic heterocycles. The second-order valence-electron chi connectivity index (χ2n) is 10.7. The monoisotopic (exact) mass is 600 g/mol. The van der Waals surface area contributed by atoms with Crippen LogP contribution in [0.4, 0.5) is 5.82 Å². The Morgan fingerprint density at radius 2 is 1.43 bits per heavy atom. The molecule has 2 amide bonds. The molecule has 1 atom stereocenters. The summed E-state index contributed by atoms with van der Waals surface area (Å²) in [4.78, 5) is 37.5. The standard InChI is InChI=1S/C34H34Cl2N4O2/c1-23-21-29-33(39-32(26-14-18-28(36)19-15-26)31(38-29)25-12-16-27(35)17-13-25)40(34(23)42)20-8-3-2-7-11-30(41)37-22-24-9-5-4-6-10-24/h4-6,9-10,12-19,23H,2-3,7-8,11,20-22H2,1H3,(H,37,41). The molecule has 0 radical (unpaired) electrons. The molecule has 1 aliphatic rings. The summed E-state index contributed by atoms with van der Waals surface area (Å²) in [5.74, 6) is 0.577. The minimum atomic E-state index is -0.181. The molecule has 1 unspecified atom stereocenters. The van der Waals surface area contributed by atoms with E-state index in [1.807, 2.05) is 85.8 Å². The minimum Gasteiger partial charge on any atom is -0.352 e. The Balaban J connectivity index is 1.26. The van der Waals surface area contributed by atoms with Gasteiger partial charge in [0.2, 0.25) is 11.8 Å². The number of rotatable bonds is 11. The van der Waals surface area contributed by atoms with Gasteiger partial charge in [-0.05, 0) is 42.7 Å². The van der Waals surface area contributed by atoms with E-state index in [-0.39, 0.29) is 17.7 Å². The number of hydrogen-bond acceptors (Lipinski definition) is 4. The summed E-state index contributed by atoms with van der Waals surface area (Å²) in [5.41, 5.74) is 5.13. The number of anilines is 1. The summed E-state index contributed by atoms with van der Waals surface area (Å²) in [6, 6.07) is 25.0. The zero-order chi connectivity index (χ0) is 29.5. The van der Waals surface area contributed by atoms with Gasteiger partial charge in [0.05, 0.1) is 17.1 Å². The lowest BCUT2D eigenvalue weighted by Gasteiger charge is -2.32. The van der Waals surface area contributed by atoms with Crippen LogP contribution in [-0.2, 0) is 22.6 Å². The Labute approximate surface area is 257 Å². The van der Waals surface area contributed by atoms with E-state index in [0.29, 0.717) is 47.5 Å². The largest absolute Gasteiger partial charge is 0.352 e. The molecule has 5 rings (SSSR count). The quantitative estimate of drug-likeness (QED) is 0.177. The third kappa shape index (κ3) is 7.36. The second-order valence-corrected chi connectivity index (χ2v) is 11.6. The molecule has 2 heterocycles. The summed E-state index contributed by atoms with van der Waals surface area (Å²) >= 11 is 12.3. The van der Waals surface area contributed by atoms with Gasteiger partial charge in [-0.2, -0.15) is 0 Å². The zero-order valence-electron chi connectivity index (χ0n) is 23.7. The second kappa shape index (κ2) is 14.0. The first kappa shape index (κ1) is 29.7. The van der Waals surface area contributed by atoms with Crippen LogP contribution in [0.1, 0.15) is 50.3 Å². The topological polar surface area (TPSA) is 75.2 Å². The fourth-order valence-corrected chi connectivity index (χ4v) is 5.44. The molecule has 0 saturated heterocycles. The SMILES string of the molecule is CC1Cc2nc(-c3ccc(Cl)cc3)c(-c3ccc(Cl)cc3)nc2N(CCCCCCC(=O)NCc2ccccc2)C1=O. The average molecular weight is 602 g/mol. The van der Waals surface area contributed by atoms with Crippen molar-refractivity contribution < 1.29 is 9.59 Å². The van der Waals surface area contributed by atoms with E-state index in [9.17, 15) is 9.59 Å². The van der Waals surface area contributed by atoms with E-state index >= 15 is 0 Å². The van der Waals surface area contributed by atoms with Gasteiger partial charge >= 0.3 is 0 Å². The molecule has 3 aromatic carbocycles. The number of carbonyl (C=O) groups excluding carboxylic acids is 2. The summed E-state index contributed by atoms with van der Waals surface area (Å²) in [5, 5.41) is 4.27. The van der Waals surface area contributed by atoms with Crippen molar-refractivity contribution in [2.24, 2.45) is 5.92 Å². The van der Waals surface area contributed by atoms with Crippen LogP contribution in [0.3, 0.4) is 0 Å². The van der Waals surface area contributed by atoms with Gasteiger partial charge < -0.3 is 5.32 Å². The highest BCUT2D eigenvalue weighted by atomic mass is 35.5. The van der Waals surface area contributed by atoms with Crippen LogP contribution >= 0.6 is 23.2 Å². The van der Waals surface area contributed by atoms with Crippen LogP contribution < -0.4 is 10.2 Å². The Kier molecular flexibility index (Phi) is 9.88. The number of hydrogen-bond donors (Lipinski definition) is 1. The molecule has 1 aromatic heterocycles. The minimum absolute atomic E-state index is 0.0642. The summed E-state index contributed by atoms with van der Waals surface area (Å²) in [6.07, 6.45) is 4.50. The van der Waals surface area contributed by atoms with Crippen molar-refractivity contribution in [3.05, 3.63) is 100 Å². The van der Waals surface area contributed by atoms with Crippen molar-refractivity contribution in [2.45, 2.75) is 52.0 Å². The molecule has 42 heavy (non-hydrogen) atoms. The van der Waals surface area contributed by atoms with Gasteiger partial charge in [0.1, 0.15) is 0 Å². The Morgan fingerprint density at radius 3 is 2.07 bits per heavy atom. The molecule has 4 aromatic rings. The van der Waals surface area contributed by atoms with Crippen LogP contribution in [-0.4, -0.2) is 28.3 Å². The number of fused-ring (bicyclic) bond motifs is 1. The van der Waals surface area contributed by atoms with E-state index in [0.717, 1.165) is 53.8 Å². The highest BCUT2D eigenvalue weighted by molar-refractivity contribution is 6.31. The Bertz CT molecular complexity index is 1530. The molecule has 8 heteroatoms.